The van der Waals surface area contributed by atoms with Crippen LogP contribution in [0.25, 0.3) is 0 Å². The predicted molar refractivity (Wildman–Crippen MR) is 135 cm³/mol. The summed E-state index contributed by atoms with van der Waals surface area (Å²) in [6.07, 6.45) is 4.98. The molecule has 0 aromatic heterocycles. The van der Waals surface area contributed by atoms with E-state index in [4.69, 9.17) is 9.47 Å². The average molecular weight is 465 g/mol. The van der Waals surface area contributed by atoms with Crippen LogP contribution in [0.4, 0.5) is 0 Å². The van der Waals surface area contributed by atoms with E-state index in [1.54, 1.807) is 6.92 Å². The van der Waals surface area contributed by atoms with Gasteiger partial charge in [0.15, 0.2) is 0 Å². The van der Waals surface area contributed by atoms with Crippen LogP contribution < -0.4 is 0 Å². The third kappa shape index (κ3) is 6.69. The zero-order chi connectivity index (χ0) is 26.0. The Morgan fingerprint density at radius 3 is 1.52 bits per heavy atom. The van der Waals surface area contributed by atoms with E-state index in [0.717, 1.165) is 25.7 Å². The molecule has 0 saturated carbocycles. The number of likely N-dealkylation sites (N-methyl/N-ethyl adjacent to an activating group) is 2. The van der Waals surface area contributed by atoms with Crippen molar-refractivity contribution in [1.82, 2.24) is 9.80 Å². The van der Waals surface area contributed by atoms with E-state index in [1.807, 2.05) is 0 Å². The molecule has 33 heavy (non-hydrogen) atoms. The van der Waals surface area contributed by atoms with Gasteiger partial charge in [0.1, 0.15) is 12.2 Å². The van der Waals surface area contributed by atoms with E-state index in [-0.39, 0.29) is 46.3 Å². The number of piperidine rings is 2. The molecule has 2 unspecified atom stereocenters. The van der Waals surface area contributed by atoms with Crippen LogP contribution in [0, 0.1) is 0 Å². The van der Waals surface area contributed by atoms with Gasteiger partial charge in [0.2, 0.25) is 0 Å². The summed E-state index contributed by atoms with van der Waals surface area (Å²) in [6, 6.07) is 0. The van der Waals surface area contributed by atoms with Crippen LogP contribution >= 0.6 is 0 Å². The number of carbonyl (C=O) groups excluding carboxylic acids is 2. The Kier molecular flexibility index (Phi) is 9.17. The van der Waals surface area contributed by atoms with Crippen molar-refractivity contribution in [3.8, 4) is 0 Å². The van der Waals surface area contributed by atoms with Gasteiger partial charge >= 0.3 is 11.9 Å². The summed E-state index contributed by atoms with van der Waals surface area (Å²) >= 11 is 0. The first-order valence-corrected chi connectivity index (χ1v) is 12.0. The number of ether oxygens (including phenoxy) is 2. The van der Waals surface area contributed by atoms with Crippen molar-refractivity contribution < 1.29 is 19.1 Å². The van der Waals surface area contributed by atoms with Gasteiger partial charge in [-0.05, 0) is 102 Å². The molecule has 0 N–H and O–H groups in total. The van der Waals surface area contributed by atoms with Gasteiger partial charge in [-0.25, -0.2) is 9.59 Å². The lowest BCUT2D eigenvalue weighted by atomic mass is 9.78. The van der Waals surface area contributed by atoms with Gasteiger partial charge in [0.05, 0.1) is 11.1 Å². The number of esters is 2. The highest BCUT2D eigenvalue weighted by Gasteiger charge is 2.47. The van der Waals surface area contributed by atoms with Gasteiger partial charge in [-0.1, -0.05) is 13.2 Å². The minimum absolute atomic E-state index is 0.0592. The summed E-state index contributed by atoms with van der Waals surface area (Å²) in [6.45, 7) is 26.1. The molecule has 0 bridgehead atoms. The monoisotopic (exact) mass is 464 g/mol. The number of likely N-dealkylation sites (tertiary alicyclic amines) is 2. The number of rotatable bonds is 4. The van der Waals surface area contributed by atoms with Crippen LogP contribution in [0.3, 0.4) is 0 Å². The van der Waals surface area contributed by atoms with E-state index in [1.165, 1.54) is 6.08 Å². The van der Waals surface area contributed by atoms with Crippen LogP contribution in [-0.4, -0.2) is 70.2 Å². The lowest BCUT2D eigenvalue weighted by Crippen LogP contribution is -2.63. The molecular formula is C27H48N2O4. The van der Waals surface area contributed by atoms with E-state index in [9.17, 15) is 9.59 Å². The number of hydrogen-bond donors (Lipinski definition) is 0. The summed E-state index contributed by atoms with van der Waals surface area (Å²) < 4.78 is 11.0. The molecule has 2 saturated heterocycles. The van der Waals surface area contributed by atoms with Crippen molar-refractivity contribution >= 4 is 11.9 Å². The molecule has 0 aromatic carbocycles. The molecule has 0 amide bonds. The van der Waals surface area contributed by atoms with Crippen LogP contribution in [-0.2, 0) is 19.1 Å². The summed E-state index contributed by atoms with van der Waals surface area (Å²) in [5.74, 6) is -0.609. The standard InChI is InChI=1S/C14H25NO2.C13H23NO2/c1-10(2)12(16)17-11-8-9-13(3,4)15(7)14(11,5)6;1-7-11(15)16-10-8-9-12(2,3)14(6)13(10,4)5/h11H,1,8-9H2,2-7H3;7,10H,1,8-9H2,2-6H3. The van der Waals surface area contributed by atoms with Gasteiger partial charge in [0, 0.05) is 22.7 Å². The van der Waals surface area contributed by atoms with E-state index >= 15 is 0 Å². The fourth-order valence-corrected chi connectivity index (χ4v) is 4.83. The predicted octanol–water partition coefficient (Wildman–Crippen LogP) is 5.12. The molecule has 0 aromatic rings. The fourth-order valence-electron chi connectivity index (χ4n) is 4.83. The Labute approximate surface area is 202 Å². The lowest BCUT2D eigenvalue weighted by molar-refractivity contribution is -0.163. The molecule has 6 heteroatoms. The van der Waals surface area contributed by atoms with Crippen LogP contribution in [0.2, 0.25) is 0 Å². The quantitative estimate of drug-likeness (QED) is 0.425. The van der Waals surface area contributed by atoms with E-state index < -0.39 is 0 Å². The summed E-state index contributed by atoms with van der Waals surface area (Å²) in [7, 11) is 4.19. The first-order chi connectivity index (χ1) is 14.8. The Morgan fingerprint density at radius 1 is 0.818 bits per heavy atom. The molecule has 2 heterocycles. The zero-order valence-electron chi connectivity index (χ0n) is 23.0. The molecule has 6 nitrogen and oxygen atoms in total. The second-order valence-corrected chi connectivity index (χ2v) is 11.9. The third-order valence-corrected chi connectivity index (χ3v) is 8.18. The number of carbonyl (C=O) groups is 2. The van der Waals surface area contributed by atoms with Gasteiger partial charge in [-0.15, -0.1) is 0 Å². The fraction of sp³-hybridized carbons (Fsp3) is 0.778. The SMILES string of the molecule is C=C(C)C(=O)OC1CCC(C)(C)N(C)C1(C)C.C=CC(=O)OC1CCC(C)(C)N(C)C1(C)C. The second-order valence-electron chi connectivity index (χ2n) is 11.9. The summed E-state index contributed by atoms with van der Waals surface area (Å²) in [5.41, 5.74) is 0.483. The maximum Gasteiger partial charge on any atom is 0.333 e. The summed E-state index contributed by atoms with van der Waals surface area (Å²) in [4.78, 5) is 27.5. The highest BCUT2D eigenvalue weighted by atomic mass is 16.5. The molecule has 2 aliphatic heterocycles. The van der Waals surface area contributed by atoms with Gasteiger partial charge in [0.25, 0.3) is 0 Å². The molecule has 0 spiro atoms. The molecule has 0 aliphatic carbocycles. The van der Waals surface area contributed by atoms with E-state index in [0.29, 0.717) is 5.57 Å². The van der Waals surface area contributed by atoms with Crippen molar-refractivity contribution in [3.63, 3.8) is 0 Å². The first kappa shape index (κ1) is 29.4. The normalized spacial score (nSPS) is 28.0. The molecule has 2 rings (SSSR count). The second kappa shape index (κ2) is 10.3. The summed E-state index contributed by atoms with van der Waals surface area (Å²) in [5, 5.41) is 0. The van der Waals surface area contributed by atoms with Gasteiger partial charge in [-0.3, -0.25) is 9.80 Å². The molecular weight excluding hydrogens is 416 g/mol. The minimum Gasteiger partial charge on any atom is -0.457 e. The Balaban J connectivity index is 0.000000331. The minimum atomic E-state index is -0.328. The molecule has 190 valence electrons. The Morgan fingerprint density at radius 2 is 1.18 bits per heavy atom. The van der Waals surface area contributed by atoms with Crippen LogP contribution in [0.15, 0.2) is 24.8 Å². The molecule has 2 aliphatic rings. The first-order valence-electron chi connectivity index (χ1n) is 12.0. The van der Waals surface area contributed by atoms with Crippen molar-refractivity contribution in [3.05, 3.63) is 24.8 Å². The van der Waals surface area contributed by atoms with Crippen molar-refractivity contribution in [2.24, 2.45) is 0 Å². The highest BCUT2D eigenvalue weighted by Crippen LogP contribution is 2.39. The molecule has 2 fully saturated rings. The van der Waals surface area contributed by atoms with Gasteiger partial charge < -0.3 is 9.47 Å². The van der Waals surface area contributed by atoms with Crippen LogP contribution in [0.5, 0.6) is 0 Å². The highest BCUT2D eigenvalue weighted by molar-refractivity contribution is 5.87. The van der Waals surface area contributed by atoms with Crippen molar-refractivity contribution in [2.75, 3.05) is 14.1 Å². The topological polar surface area (TPSA) is 59.1 Å². The Bertz CT molecular complexity index is 751. The molecule has 0 radical (unpaired) electrons. The number of hydrogen-bond acceptors (Lipinski definition) is 6. The maximum atomic E-state index is 11.6. The van der Waals surface area contributed by atoms with Crippen molar-refractivity contribution in [2.45, 2.75) is 122 Å². The molecule has 2 atom stereocenters. The van der Waals surface area contributed by atoms with Crippen LogP contribution in [0.1, 0.15) is 88.0 Å². The lowest BCUT2D eigenvalue weighted by Gasteiger charge is -2.54. The van der Waals surface area contributed by atoms with E-state index in [2.05, 4.69) is 92.4 Å². The zero-order valence-corrected chi connectivity index (χ0v) is 23.0. The maximum absolute atomic E-state index is 11.6. The van der Waals surface area contributed by atoms with Gasteiger partial charge in [-0.2, -0.15) is 0 Å². The Hall–Kier alpha value is -1.66. The average Bonchev–Trinajstić information content (AvgIpc) is 2.70. The smallest absolute Gasteiger partial charge is 0.333 e. The number of nitrogens with zero attached hydrogens (tertiary/aromatic N) is 2. The third-order valence-electron chi connectivity index (χ3n) is 8.18. The van der Waals surface area contributed by atoms with Crippen molar-refractivity contribution in [1.29, 1.82) is 0 Å². The largest absolute Gasteiger partial charge is 0.457 e.